The molecule has 2 aliphatic rings. The van der Waals surface area contributed by atoms with Crippen LogP contribution in [0.4, 0.5) is 19.3 Å². The Balaban J connectivity index is 1.30. The van der Waals surface area contributed by atoms with Crippen LogP contribution in [0.1, 0.15) is 74.8 Å². The van der Waals surface area contributed by atoms with Gasteiger partial charge in [0.15, 0.2) is 0 Å². The van der Waals surface area contributed by atoms with E-state index in [0.717, 1.165) is 5.56 Å². The number of hydrogen-bond donors (Lipinski definition) is 4. The summed E-state index contributed by atoms with van der Waals surface area (Å²) >= 11 is 0. The van der Waals surface area contributed by atoms with Crippen LogP contribution in [0, 0.1) is 17.7 Å². The average Bonchev–Trinajstić information content (AvgIpc) is 3.64. The van der Waals surface area contributed by atoms with E-state index in [1.54, 1.807) is 56.0 Å². The van der Waals surface area contributed by atoms with Gasteiger partial charge in [0.05, 0.1) is 6.04 Å². The van der Waals surface area contributed by atoms with E-state index in [4.69, 9.17) is 4.74 Å². The summed E-state index contributed by atoms with van der Waals surface area (Å²) in [5, 5.41) is 15.5. The fourth-order valence-corrected chi connectivity index (χ4v) is 6.71. The van der Waals surface area contributed by atoms with Crippen LogP contribution in [0.5, 0.6) is 0 Å². The minimum absolute atomic E-state index is 0.0237. The quantitative estimate of drug-likeness (QED) is 0.239. The van der Waals surface area contributed by atoms with E-state index in [1.165, 1.54) is 18.2 Å². The zero-order valence-corrected chi connectivity index (χ0v) is 26.1. The van der Waals surface area contributed by atoms with Crippen molar-refractivity contribution in [1.82, 2.24) is 15.2 Å². The average molecular weight is 639 g/mol. The number of fused-ring (bicyclic) bond motifs is 1. The number of halogens is 2. The number of anilines is 1. The first kappa shape index (κ1) is 32.9. The number of rotatable bonds is 8. The molecule has 5 rings (SSSR count). The molecule has 46 heavy (non-hydrogen) atoms. The maximum atomic E-state index is 14.0. The number of alkyl halides is 1. The van der Waals surface area contributed by atoms with Crippen molar-refractivity contribution in [2.24, 2.45) is 11.8 Å². The molecule has 4 N–H and O–H groups in total. The molecule has 3 amide bonds. The number of aromatic nitrogens is 1. The first-order valence-electron chi connectivity index (χ1n) is 15.6. The number of nitrogens with zero attached hydrogens (tertiary/aromatic N) is 1. The van der Waals surface area contributed by atoms with E-state index in [2.05, 4.69) is 15.6 Å². The Hall–Kier alpha value is -4.48. The van der Waals surface area contributed by atoms with Crippen molar-refractivity contribution in [3.63, 3.8) is 0 Å². The zero-order chi connectivity index (χ0) is 33.2. The molecule has 3 atom stereocenters. The van der Waals surface area contributed by atoms with Gasteiger partial charge in [-0.25, -0.2) is 18.4 Å². The van der Waals surface area contributed by atoms with Crippen LogP contribution >= 0.6 is 0 Å². The van der Waals surface area contributed by atoms with Gasteiger partial charge in [0, 0.05) is 35.0 Å². The molecule has 3 aromatic rings. The third-order valence-corrected chi connectivity index (χ3v) is 8.92. The van der Waals surface area contributed by atoms with Crippen molar-refractivity contribution in [2.45, 2.75) is 76.5 Å². The number of H-pyrrole nitrogens is 1. The number of nitrogens with one attached hydrogen (secondary N) is 3. The van der Waals surface area contributed by atoms with Crippen LogP contribution < -0.4 is 10.6 Å². The molecule has 1 aliphatic heterocycles. The maximum Gasteiger partial charge on any atom is 0.407 e. The molecule has 10 nitrogen and oxygen atoms in total. The molecule has 246 valence electrons. The minimum atomic E-state index is -1.10. The fourth-order valence-electron chi connectivity index (χ4n) is 6.71. The second-order valence-corrected chi connectivity index (χ2v) is 13.2. The van der Waals surface area contributed by atoms with Gasteiger partial charge in [0.2, 0.25) is 11.8 Å². The van der Waals surface area contributed by atoms with Gasteiger partial charge in [-0.1, -0.05) is 12.1 Å². The lowest BCUT2D eigenvalue weighted by atomic mass is 9.78. The Morgan fingerprint density at radius 2 is 1.72 bits per heavy atom. The Morgan fingerprint density at radius 1 is 1.02 bits per heavy atom. The summed E-state index contributed by atoms with van der Waals surface area (Å²) in [6.45, 7) is 4.79. The van der Waals surface area contributed by atoms with Gasteiger partial charge in [-0.15, -0.1) is 0 Å². The third-order valence-electron chi connectivity index (χ3n) is 8.92. The highest BCUT2D eigenvalue weighted by Crippen LogP contribution is 2.39. The fraction of sp³-hybridized carbons (Fsp3) is 0.471. The van der Waals surface area contributed by atoms with E-state index in [-0.39, 0.29) is 29.4 Å². The largest absolute Gasteiger partial charge is 0.477 e. The number of carboxylic acid groups (broad SMARTS) is 1. The van der Waals surface area contributed by atoms with E-state index in [9.17, 15) is 33.1 Å². The van der Waals surface area contributed by atoms with Gasteiger partial charge in [-0.05, 0) is 101 Å². The van der Waals surface area contributed by atoms with Crippen molar-refractivity contribution in [1.29, 1.82) is 0 Å². The number of carboxylic acids is 1. The predicted molar refractivity (Wildman–Crippen MR) is 168 cm³/mol. The molecule has 1 aromatic heterocycles. The van der Waals surface area contributed by atoms with Gasteiger partial charge in [0.25, 0.3) is 0 Å². The normalized spacial score (nSPS) is 22.3. The summed E-state index contributed by atoms with van der Waals surface area (Å²) in [4.78, 5) is 56.0. The van der Waals surface area contributed by atoms with Gasteiger partial charge >= 0.3 is 12.1 Å². The van der Waals surface area contributed by atoms with Crippen LogP contribution in [-0.2, 0) is 14.3 Å². The molecular weight excluding hydrogens is 598 g/mol. The number of amides is 3. The summed E-state index contributed by atoms with van der Waals surface area (Å²) in [5.74, 6) is -2.96. The van der Waals surface area contributed by atoms with E-state index in [0.29, 0.717) is 55.2 Å². The zero-order valence-electron chi connectivity index (χ0n) is 26.1. The molecule has 1 saturated carbocycles. The van der Waals surface area contributed by atoms with E-state index >= 15 is 0 Å². The highest BCUT2D eigenvalue weighted by atomic mass is 19.1. The number of alkyl carbamates (subject to hydrolysis) is 1. The number of carbonyl (C=O) groups is 4. The Kier molecular flexibility index (Phi) is 9.64. The lowest BCUT2D eigenvalue weighted by molar-refractivity contribution is -0.141. The number of likely N-dealkylation sites (tertiary alicyclic amines) is 1. The van der Waals surface area contributed by atoms with E-state index in [1.807, 2.05) is 0 Å². The Labute approximate surface area is 265 Å². The molecule has 1 saturated heterocycles. The molecule has 2 fully saturated rings. The van der Waals surface area contributed by atoms with Gasteiger partial charge in [-0.2, -0.15) is 0 Å². The summed E-state index contributed by atoms with van der Waals surface area (Å²) in [5.41, 5.74) is 1.10. The SMILES string of the molecule is CC(C)(C)OC(=O)NC(CF)C1CCC(C(=O)N2CC[C@H](c3ccc(F)cc3)[C@H]2C(=O)Nc2ccc3[nH]c(C(=O)O)cc3c2)CC1. The highest BCUT2D eigenvalue weighted by molar-refractivity contribution is 6.01. The number of benzene rings is 2. The smallest absolute Gasteiger partial charge is 0.407 e. The highest BCUT2D eigenvalue weighted by Gasteiger charge is 2.45. The van der Waals surface area contributed by atoms with Crippen molar-refractivity contribution < 1.29 is 37.8 Å². The topological polar surface area (TPSA) is 141 Å². The predicted octanol–water partition coefficient (Wildman–Crippen LogP) is 6.00. The monoisotopic (exact) mass is 638 g/mol. The molecule has 0 radical (unpaired) electrons. The van der Waals surface area contributed by atoms with Crippen LogP contribution in [0.3, 0.4) is 0 Å². The number of hydrogen-bond acceptors (Lipinski definition) is 5. The molecule has 2 heterocycles. The number of aromatic carboxylic acids is 1. The number of ether oxygens (including phenoxy) is 1. The van der Waals surface area contributed by atoms with Crippen LogP contribution in [0.2, 0.25) is 0 Å². The Morgan fingerprint density at radius 3 is 2.35 bits per heavy atom. The van der Waals surface area contributed by atoms with Crippen molar-refractivity contribution in [2.75, 3.05) is 18.5 Å². The maximum absolute atomic E-state index is 14.0. The standard InChI is InChI=1S/C34H40F2N4O6/c1-34(2,3)46-33(45)39-28(18-35)20-4-6-21(7-5-20)31(42)40-15-14-25(19-8-10-23(36)11-9-19)29(40)30(41)37-24-12-13-26-22(16-24)17-27(38-26)32(43)44/h8-13,16-17,20-21,25,28-29,38H,4-7,14-15,18H2,1-3H3,(H,37,41)(H,39,45)(H,43,44)/t20?,21?,25-,28?,29+/m1/s1. The van der Waals surface area contributed by atoms with Gasteiger partial charge in [-0.3, -0.25) is 9.59 Å². The summed E-state index contributed by atoms with van der Waals surface area (Å²) in [6, 6.07) is 10.8. The molecule has 2 aromatic carbocycles. The van der Waals surface area contributed by atoms with Gasteiger partial charge in [0.1, 0.15) is 29.8 Å². The molecule has 1 unspecified atom stereocenters. The second-order valence-electron chi connectivity index (χ2n) is 13.2. The molecule has 1 aliphatic carbocycles. The van der Waals surface area contributed by atoms with Crippen molar-refractivity contribution in [3.05, 3.63) is 65.6 Å². The number of carbonyl (C=O) groups excluding carboxylic acids is 3. The summed E-state index contributed by atoms with van der Waals surface area (Å²) in [7, 11) is 0. The van der Waals surface area contributed by atoms with Crippen LogP contribution in [0.15, 0.2) is 48.5 Å². The molecular formula is C34H40F2N4O6. The minimum Gasteiger partial charge on any atom is -0.477 e. The molecule has 0 bridgehead atoms. The van der Waals surface area contributed by atoms with Crippen LogP contribution in [-0.4, -0.2) is 69.8 Å². The number of aromatic amines is 1. The second kappa shape index (κ2) is 13.5. The van der Waals surface area contributed by atoms with Crippen LogP contribution in [0.25, 0.3) is 10.9 Å². The van der Waals surface area contributed by atoms with Gasteiger partial charge < -0.3 is 30.4 Å². The third kappa shape index (κ3) is 7.48. The first-order chi connectivity index (χ1) is 21.8. The van der Waals surface area contributed by atoms with E-state index < -0.39 is 48.1 Å². The summed E-state index contributed by atoms with van der Waals surface area (Å²) < 4.78 is 33.0. The Bertz CT molecular complexity index is 1590. The molecule has 12 heteroatoms. The van der Waals surface area contributed by atoms with Crippen molar-refractivity contribution in [3.8, 4) is 0 Å². The molecule has 0 spiro atoms. The first-order valence-corrected chi connectivity index (χ1v) is 15.6. The van der Waals surface area contributed by atoms with Crippen molar-refractivity contribution >= 4 is 40.5 Å². The lowest BCUT2D eigenvalue weighted by Gasteiger charge is -2.36. The lowest BCUT2D eigenvalue weighted by Crippen LogP contribution is -2.49. The summed E-state index contributed by atoms with van der Waals surface area (Å²) in [6.07, 6.45) is 1.86.